The predicted octanol–water partition coefficient (Wildman–Crippen LogP) is 2.25. The van der Waals surface area contributed by atoms with Crippen LogP contribution in [0.5, 0.6) is 5.75 Å². The van der Waals surface area contributed by atoms with E-state index in [9.17, 15) is 10.1 Å². The molecular formula is C12H16ClNO5. The summed E-state index contributed by atoms with van der Waals surface area (Å²) < 4.78 is 15.7. The number of nitro groups is 1. The molecular weight excluding hydrogens is 274 g/mol. The summed E-state index contributed by atoms with van der Waals surface area (Å²) in [7, 11) is 0. The lowest BCUT2D eigenvalue weighted by molar-refractivity contribution is -0.384. The lowest BCUT2D eigenvalue weighted by Gasteiger charge is -2.07. The summed E-state index contributed by atoms with van der Waals surface area (Å²) in [4.78, 5) is 9.99. The van der Waals surface area contributed by atoms with E-state index < -0.39 is 4.92 Å². The highest BCUT2D eigenvalue weighted by molar-refractivity contribution is 6.17. The van der Waals surface area contributed by atoms with Gasteiger partial charge >= 0.3 is 0 Å². The Labute approximate surface area is 116 Å². The van der Waals surface area contributed by atoms with Gasteiger partial charge < -0.3 is 14.2 Å². The van der Waals surface area contributed by atoms with Gasteiger partial charge in [0.1, 0.15) is 12.4 Å². The molecule has 1 aromatic carbocycles. The van der Waals surface area contributed by atoms with Gasteiger partial charge in [0.2, 0.25) is 0 Å². The van der Waals surface area contributed by atoms with Gasteiger partial charge in [0, 0.05) is 18.0 Å². The van der Waals surface area contributed by atoms with Crippen molar-refractivity contribution in [3.05, 3.63) is 34.4 Å². The predicted molar refractivity (Wildman–Crippen MR) is 70.9 cm³/mol. The Bertz CT molecular complexity index is 371. The standard InChI is InChI=1S/C12H16ClNO5/c13-5-6-17-7-8-18-9-10-19-12-3-1-11(2-4-12)14(15)16/h1-4H,5-10H2. The molecule has 0 heterocycles. The number of alkyl halides is 1. The first kappa shape index (κ1) is 15.7. The van der Waals surface area contributed by atoms with Crippen molar-refractivity contribution in [1.29, 1.82) is 0 Å². The van der Waals surface area contributed by atoms with Crippen LogP contribution in [-0.2, 0) is 9.47 Å². The third kappa shape index (κ3) is 6.95. The topological polar surface area (TPSA) is 70.8 Å². The maximum absolute atomic E-state index is 10.4. The van der Waals surface area contributed by atoms with E-state index in [4.69, 9.17) is 25.8 Å². The van der Waals surface area contributed by atoms with E-state index in [1.165, 1.54) is 12.1 Å². The van der Waals surface area contributed by atoms with E-state index in [2.05, 4.69) is 0 Å². The van der Waals surface area contributed by atoms with E-state index in [0.29, 0.717) is 44.7 Å². The summed E-state index contributed by atoms with van der Waals surface area (Å²) in [6, 6.07) is 5.91. The van der Waals surface area contributed by atoms with Crippen LogP contribution in [0.1, 0.15) is 0 Å². The molecule has 0 saturated heterocycles. The first-order valence-corrected chi connectivity index (χ1v) is 6.36. The highest BCUT2D eigenvalue weighted by Gasteiger charge is 2.03. The van der Waals surface area contributed by atoms with Gasteiger partial charge in [-0.2, -0.15) is 0 Å². The minimum atomic E-state index is -0.451. The zero-order valence-electron chi connectivity index (χ0n) is 10.4. The van der Waals surface area contributed by atoms with Crippen LogP contribution in [-0.4, -0.2) is 43.8 Å². The number of nitrogens with zero attached hydrogens (tertiary/aromatic N) is 1. The molecule has 0 aromatic heterocycles. The molecule has 1 rings (SSSR count). The molecule has 0 spiro atoms. The SMILES string of the molecule is O=[N+]([O-])c1ccc(OCCOCCOCCCl)cc1. The van der Waals surface area contributed by atoms with Crippen LogP contribution >= 0.6 is 11.6 Å². The Hall–Kier alpha value is -1.37. The molecule has 106 valence electrons. The van der Waals surface area contributed by atoms with Gasteiger partial charge in [-0.1, -0.05) is 0 Å². The van der Waals surface area contributed by atoms with Gasteiger partial charge in [0.15, 0.2) is 0 Å². The molecule has 0 radical (unpaired) electrons. The zero-order valence-corrected chi connectivity index (χ0v) is 11.2. The molecule has 19 heavy (non-hydrogen) atoms. The molecule has 0 fully saturated rings. The van der Waals surface area contributed by atoms with Crippen LogP contribution in [0.3, 0.4) is 0 Å². The average molecular weight is 290 g/mol. The smallest absolute Gasteiger partial charge is 0.269 e. The highest BCUT2D eigenvalue weighted by Crippen LogP contribution is 2.16. The lowest BCUT2D eigenvalue weighted by atomic mass is 10.3. The van der Waals surface area contributed by atoms with Crippen molar-refractivity contribution in [1.82, 2.24) is 0 Å². The summed E-state index contributed by atoms with van der Waals surface area (Å²) in [6.45, 7) is 2.32. The fourth-order valence-corrected chi connectivity index (χ4v) is 1.37. The van der Waals surface area contributed by atoms with Crippen molar-refractivity contribution in [3.8, 4) is 5.75 Å². The number of halogens is 1. The van der Waals surface area contributed by atoms with Crippen LogP contribution in [0.25, 0.3) is 0 Å². The number of rotatable bonds is 10. The van der Waals surface area contributed by atoms with E-state index >= 15 is 0 Å². The Kier molecular flexibility index (Phi) is 7.88. The van der Waals surface area contributed by atoms with Crippen molar-refractivity contribution in [2.45, 2.75) is 0 Å². The minimum Gasteiger partial charge on any atom is -0.491 e. The van der Waals surface area contributed by atoms with E-state index in [1.54, 1.807) is 12.1 Å². The summed E-state index contributed by atoms with van der Waals surface area (Å²) >= 11 is 5.43. The van der Waals surface area contributed by atoms with Gasteiger partial charge in [-0.05, 0) is 12.1 Å². The van der Waals surface area contributed by atoms with E-state index in [0.717, 1.165) is 0 Å². The van der Waals surface area contributed by atoms with Gasteiger partial charge in [0.25, 0.3) is 5.69 Å². The van der Waals surface area contributed by atoms with Crippen molar-refractivity contribution in [2.24, 2.45) is 0 Å². The maximum Gasteiger partial charge on any atom is 0.269 e. The van der Waals surface area contributed by atoms with E-state index in [-0.39, 0.29) is 5.69 Å². The second-order valence-corrected chi connectivity index (χ2v) is 3.89. The molecule has 0 aliphatic rings. The summed E-state index contributed by atoms with van der Waals surface area (Å²) in [6.07, 6.45) is 0. The van der Waals surface area contributed by atoms with Gasteiger partial charge in [-0.25, -0.2) is 0 Å². The lowest BCUT2D eigenvalue weighted by Crippen LogP contribution is -2.11. The second-order valence-electron chi connectivity index (χ2n) is 3.51. The average Bonchev–Trinajstić information content (AvgIpc) is 2.42. The molecule has 0 atom stereocenters. The van der Waals surface area contributed by atoms with Crippen LogP contribution in [0, 0.1) is 10.1 Å². The molecule has 7 heteroatoms. The summed E-state index contributed by atoms with van der Waals surface area (Å²) in [5.41, 5.74) is 0.0417. The zero-order chi connectivity index (χ0) is 13.9. The van der Waals surface area contributed by atoms with Crippen LogP contribution in [0.4, 0.5) is 5.69 Å². The van der Waals surface area contributed by atoms with Gasteiger partial charge in [0.05, 0.1) is 31.4 Å². The first-order valence-electron chi connectivity index (χ1n) is 5.82. The summed E-state index contributed by atoms with van der Waals surface area (Å²) in [5.74, 6) is 1.05. The molecule has 0 aliphatic heterocycles. The Morgan fingerprint density at radius 3 is 2.16 bits per heavy atom. The number of benzene rings is 1. The minimum absolute atomic E-state index is 0.0417. The molecule has 0 saturated carbocycles. The molecule has 1 aromatic rings. The number of ether oxygens (including phenoxy) is 3. The number of non-ortho nitro benzene ring substituents is 1. The monoisotopic (exact) mass is 289 g/mol. The number of hydrogen-bond donors (Lipinski definition) is 0. The van der Waals surface area contributed by atoms with E-state index in [1.807, 2.05) is 0 Å². The van der Waals surface area contributed by atoms with Crippen LogP contribution in [0.15, 0.2) is 24.3 Å². The Morgan fingerprint density at radius 2 is 1.58 bits per heavy atom. The normalized spacial score (nSPS) is 10.4. The van der Waals surface area contributed by atoms with Gasteiger partial charge in [-0.3, -0.25) is 10.1 Å². The summed E-state index contributed by atoms with van der Waals surface area (Å²) in [5, 5.41) is 10.4. The van der Waals surface area contributed by atoms with Crippen molar-refractivity contribution < 1.29 is 19.1 Å². The van der Waals surface area contributed by atoms with Crippen LogP contribution < -0.4 is 4.74 Å². The molecule has 6 nitrogen and oxygen atoms in total. The largest absolute Gasteiger partial charge is 0.491 e. The highest BCUT2D eigenvalue weighted by atomic mass is 35.5. The first-order chi connectivity index (χ1) is 9.24. The Morgan fingerprint density at radius 1 is 1.00 bits per heavy atom. The molecule has 0 aliphatic carbocycles. The van der Waals surface area contributed by atoms with Gasteiger partial charge in [-0.15, -0.1) is 11.6 Å². The Balaban J connectivity index is 2.07. The number of hydrogen-bond acceptors (Lipinski definition) is 5. The quantitative estimate of drug-likeness (QED) is 0.286. The molecule has 0 bridgehead atoms. The third-order valence-electron chi connectivity index (χ3n) is 2.14. The number of nitro benzene ring substituents is 1. The molecule has 0 N–H and O–H groups in total. The third-order valence-corrected chi connectivity index (χ3v) is 2.29. The fraction of sp³-hybridized carbons (Fsp3) is 0.500. The molecule has 0 unspecified atom stereocenters. The molecule has 0 amide bonds. The van der Waals surface area contributed by atoms with Crippen LogP contribution in [0.2, 0.25) is 0 Å². The fourth-order valence-electron chi connectivity index (χ4n) is 1.26. The maximum atomic E-state index is 10.4. The van der Waals surface area contributed by atoms with Crippen molar-refractivity contribution in [2.75, 3.05) is 38.9 Å². The van der Waals surface area contributed by atoms with Crippen molar-refractivity contribution in [3.63, 3.8) is 0 Å². The van der Waals surface area contributed by atoms with Crippen molar-refractivity contribution >= 4 is 17.3 Å². The second kappa shape index (κ2) is 9.55.